The molecule has 0 spiro atoms. The lowest BCUT2D eigenvalue weighted by atomic mass is 9.72. The summed E-state index contributed by atoms with van der Waals surface area (Å²) in [4.78, 5) is 11.8. The molecule has 7 heteroatoms. The Kier molecular flexibility index (Phi) is 5.24. The SMILES string of the molecule is CC(C)(C)[C@@H]1Cn2nc(-c3ccccc3F)c(-c3ccccc3F)c2-c2cc(O)c(C(=O)O)cc21. The summed E-state index contributed by atoms with van der Waals surface area (Å²) in [7, 11) is 0. The maximum absolute atomic E-state index is 15.2. The van der Waals surface area contributed by atoms with Gasteiger partial charge >= 0.3 is 5.97 Å². The van der Waals surface area contributed by atoms with E-state index in [4.69, 9.17) is 5.10 Å². The summed E-state index contributed by atoms with van der Waals surface area (Å²) in [6.45, 7) is 6.50. The lowest BCUT2D eigenvalue weighted by Gasteiger charge is -2.36. The van der Waals surface area contributed by atoms with Crippen molar-refractivity contribution < 1.29 is 23.8 Å². The highest BCUT2D eigenvalue weighted by Gasteiger charge is 2.38. The van der Waals surface area contributed by atoms with Gasteiger partial charge in [0.1, 0.15) is 28.6 Å². The van der Waals surface area contributed by atoms with Crippen LogP contribution >= 0.6 is 0 Å². The Morgan fingerprint density at radius 2 is 1.57 bits per heavy atom. The van der Waals surface area contributed by atoms with Crippen LogP contribution < -0.4 is 0 Å². The number of aromatic carboxylic acids is 1. The number of halogens is 2. The van der Waals surface area contributed by atoms with Crippen LogP contribution in [-0.2, 0) is 6.54 Å². The van der Waals surface area contributed by atoms with Gasteiger partial charge in [-0.25, -0.2) is 13.6 Å². The quantitative estimate of drug-likeness (QED) is 0.346. The standard InChI is InChI=1S/C28H24F2N2O3/c1-28(2,3)20-14-32-26(18-13-23(33)19(27(34)35)12-17(18)20)24(15-8-4-6-10-21(15)29)25(31-32)16-9-5-7-11-22(16)30/h4-13,20,33H,14H2,1-3H3,(H,34,35)/t20-/m1/s1. The lowest BCUT2D eigenvalue weighted by molar-refractivity contribution is 0.0693. The van der Waals surface area contributed by atoms with E-state index in [0.717, 1.165) is 5.56 Å². The van der Waals surface area contributed by atoms with Crippen LogP contribution in [0.3, 0.4) is 0 Å². The monoisotopic (exact) mass is 474 g/mol. The number of aromatic hydroxyl groups is 1. The topological polar surface area (TPSA) is 75.3 Å². The number of nitrogens with zero attached hydrogens (tertiary/aromatic N) is 2. The lowest BCUT2D eigenvalue weighted by Crippen LogP contribution is -2.28. The number of carboxylic acid groups (broad SMARTS) is 1. The van der Waals surface area contributed by atoms with Crippen LogP contribution in [0.25, 0.3) is 33.6 Å². The molecule has 0 bridgehead atoms. The van der Waals surface area contributed by atoms with Crippen LogP contribution in [0.15, 0.2) is 60.7 Å². The van der Waals surface area contributed by atoms with E-state index >= 15 is 4.39 Å². The first-order chi connectivity index (χ1) is 16.6. The van der Waals surface area contributed by atoms with Gasteiger partial charge in [-0.15, -0.1) is 0 Å². The maximum Gasteiger partial charge on any atom is 0.339 e. The number of hydrogen-bond donors (Lipinski definition) is 2. The van der Waals surface area contributed by atoms with Gasteiger partial charge in [0.2, 0.25) is 0 Å². The number of fused-ring (bicyclic) bond motifs is 3. The summed E-state index contributed by atoms with van der Waals surface area (Å²) >= 11 is 0. The molecule has 178 valence electrons. The number of rotatable bonds is 3. The highest BCUT2D eigenvalue weighted by molar-refractivity contribution is 5.97. The van der Waals surface area contributed by atoms with Crippen molar-refractivity contribution in [3.05, 3.63) is 83.4 Å². The van der Waals surface area contributed by atoms with Crippen molar-refractivity contribution in [3.8, 4) is 39.4 Å². The molecular formula is C28H24F2N2O3. The predicted octanol–water partition coefficient (Wildman–Crippen LogP) is 6.71. The summed E-state index contributed by atoms with van der Waals surface area (Å²) in [5.74, 6) is -2.78. The van der Waals surface area contributed by atoms with Crippen LogP contribution in [0.1, 0.15) is 42.6 Å². The molecule has 5 rings (SSSR count). The predicted molar refractivity (Wildman–Crippen MR) is 129 cm³/mol. The van der Waals surface area contributed by atoms with Gasteiger partial charge in [-0.1, -0.05) is 51.1 Å². The van der Waals surface area contributed by atoms with Gasteiger partial charge in [-0.05, 0) is 41.3 Å². The molecule has 0 saturated heterocycles. The molecule has 0 amide bonds. The number of phenols is 1. The zero-order chi connectivity index (χ0) is 25.1. The molecule has 1 aliphatic heterocycles. The molecule has 1 aliphatic rings. The van der Waals surface area contributed by atoms with E-state index < -0.39 is 23.4 Å². The highest BCUT2D eigenvalue weighted by Crippen LogP contribution is 2.51. The Balaban J connectivity index is 1.91. The Morgan fingerprint density at radius 1 is 0.971 bits per heavy atom. The van der Waals surface area contributed by atoms with Gasteiger partial charge in [0, 0.05) is 34.7 Å². The molecule has 2 heterocycles. The average Bonchev–Trinajstić information content (AvgIpc) is 3.17. The second kappa shape index (κ2) is 8.05. The van der Waals surface area contributed by atoms with Crippen molar-refractivity contribution in [2.24, 2.45) is 5.41 Å². The Labute approximate surface area is 201 Å². The molecule has 4 aromatic rings. The van der Waals surface area contributed by atoms with Crippen LogP contribution in [0.4, 0.5) is 8.78 Å². The maximum atomic E-state index is 15.2. The zero-order valence-electron chi connectivity index (χ0n) is 19.5. The minimum Gasteiger partial charge on any atom is -0.507 e. The summed E-state index contributed by atoms with van der Waals surface area (Å²) in [6.07, 6.45) is 0. The summed E-state index contributed by atoms with van der Waals surface area (Å²) in [6, 6.07) is 15.3. The normalized spacial score (nSPS) is 14.9. The van der Waals surface area contributed by atoms with E-state index in [2.05, 4.69) is 0 Å². The second-order valence-corrected chi connectivity index (χ2v) is 9.89. The third kappa shape index (κ3) is 3.67. The summed E-state index contributed by atoms with van der Waals surface area (Å²) in [5, 5.41) is 25.0. The Hall–Kier alpha value is -4.00. The molecule has 5 nitrogen and oxygen atoms in total. The van der Waals surface area contributed by atoms with Crippen LogP contribution in [-0.4, -0.2) is 26.0 Å². The molecule has 3 aromatic carbocycles. The van der Waals surface area contributed by atoms with E-state index in [1.54, 1.807) is 41.1 Å². The van der Waals surface area contributed by atoms with Gasteiger partial charge in [0.15, 0.2) is 0 Å². The number of benzene rings is 3. The van der Waals surface area contributed by atoms with E-state index in [0.29, 0.717) is 23.4 Å². The van der Waals surface area contributed by atoms with Gasteiger partial charge in [0.05, 0.1) is 5.69 Å². The fourth-order valence-electron chi connectivity index (χ4n) is 4.91. The molecule has 2 N–H and O–H groups in total. The van der Waals surface area contributed by atoms with Gasteiger partial charge in [0.25, 0.3) is 0 Å². The van der Waals surface area contributed by atoms with Gasteiger partial charge in [-0.3, -0.25) is 4.68 Å². The Bertz CT molecular complexity index is 1480. The average molecular weight is 475 g/mol. The fourth-order valence-corrected chi connectivity index (χ4v) is 4.91. The second-order valence-electron chi connectivity index (χ2n) is 9.89. The molecule has 1 atom stereocenters. The number of carboxylic acids is 1. The van der Waals surface area contributed by atoms with Crippen LogP contribution in [0.2, 0.25) is 0 Å². The third-order valence-corrected chi connectivity index (χ3v) is 6.65. The first-order valence-corrected chi connectivity index (χ1v) is 11.3. The van der Waals surface area contributed by atoms with Crippen molar-refractivity contribution in [2.45, 2.75) is 33.2 Å². The molecule has 0 saturated carbocycles. The summed E-state index contributed by atoms with van der Waals surface area (Å²) in [5.41, 5.74) is 2.44. The van der Waals surface area contributed by atoms with Crippen molar-refractivity contribution in [3.63, 3.8) is 0 Å². The largest absolute Gasteiger partial charge is 0.507 e. The number of carbonyl (C=O) groups is 1. The van der Waals surface area contributed by atoms with Crippen LogP contribution in [0, 0.1) is 17.0 Å². The molecule has 0 aliphatic carbocycles. The fraction of sp³-hybridized carbons (Fsp3) is 0.214. The van der Waals surface area contributed by atoms with Crippen molar-refractivity contribution in [1.82, 2.24) is 9.78 Å². The minimum absolute atomic E-state index is 0.162. The molecule has 0 fully saturated rings. The van der Waals surface area contributed by atoms with Gasteiger partial charge in [-0.2, -0.15) is 5.10 Å². The zero-order valence-corrected chi connectivity index (χ0v) is 19.5. The molecule has 0 unspecified atom stereocenters. The first-order valence-electron chi connectivity index (χ1n) is 11.3. The molecular weight excluding hydrogens is 450 g/mol. The summed E-state index contributed by atoms with van der Waals surface area (Å²) < 4.78 is 31.8. The minimum atomic E-state index is -1.24. The smallest absolute Gasteiger partial charge is 0.339 e. The van der Waals surface area contributed by atoms with Crippen LogP contribution in [0.5, 0.6) is 5.75 Å². The van der Waals surface area contributed by atoms with Gasteiger partial charge < -0.3 is 10.2 Å². The highest BCUT2D eigenvalue weighted by atomic mass is 19.1. The van der Waals surface area contributed by atoms with Crippen molar-refractivity contribution in [2.75, 3.05) is 0 Å². The number of aromatic nitrogens is 2. The third-order valence-electron chi connectivity index (χ3n) is 6.65. The Morgan fingerprint density at radius 3 is 2.14 bits per heavy atom. The molecule has 35 heavy (non-hydrogen) atoms. The molecule has 1 aromatic heterocycles. The van der Waals surface area contributed by atoms with Crippen molar-refractivity contribution >= 4 is 5.97 Å². The first kappa shape index (κ1) is 22.8. The molecule has 0 radical (unpaired) electrons. The van der Waals surface area contributed by atoms with E-state index in [1.807, 2.05) is 20.8 Å². The number of hydrogen-bond acceptors (Lipinski definition) is 3. The van der Waals surface area contributed by atoms with E-state index in [-0.39, 0.29) is 33.7 Å². The van der Waals surface area contributed by atoms with E-state index in [1.165, 1.54) is 24.3 Å². The van der Waals surface area contributed by atoms with Crippen molar-refractivity contribution in [1.29, 1.82) is 0 Å². The van der Waals surface area contributed by atoms with E-state index in [9.17, 15) is 19.4 Å².